The summed E-state index contributed by atoms with van der Waals surface area (Å²) in [6.07, 6.45) is 8.82. The van der Waals surface area contributed by atoms with Crippen molar-refractivity contribution >= 4 is 54.4 Å². The van der Waals surface area contributed by atoms with Gasteiger partial charge in [-0.15, -0.1) is 16.0 Å². The second kappa shape index (κ2) is 7.14. The van der Waals surface area contributed by atoms with Crippen LogP contribution in [0.2, 0.25) is 21.9 Å². The first-order chi connectivity index (χ1) is 10.2. The van der Waals surface area contributed by atoms with Crippen molar-refractivity contribution in [2.24, 2.45) is 17.8 Å². The van der Waals surface area contributed by atoms with Crippen LogP contribution in [0.3, 0.4) is 0 Å². The fourth-order valence-corrected chi connectivity index (χ4v) is 4.53. The summed E-state index contributed by atoms with van der Waals surface area (Å²) in [4.78, 5) is 0. The molecule has 13 radical (unpaired) electrons. The van der Waals surface area contributed by atoms with Crippen molar-refractivity contribution in [1.29, 1.82) is 0 Å². The molecule has 2 rings (SSSR count). The predicted molar refractivity (Wildman–Crippen MR) is 102 cm³/mol. The topological polar surface area (TPSA) is 0 Å². The van der Waals surface area contributed by atoms with E-state index >= 15 is 0 Å². The lowest BCUT2D eigenvalue weighted by molar-refractivity contribution is 0.198. The van der Waals surface area contributed by atoms with E-state index in [9.17, 15) is 0 Å². The zero-order valence-electron chi connectivity index (χ0n) is 13.9. The van der Waals surface area contributed by atoms with Gasteiger partial charge in [-0.05, 0) is 24.2 Å². The third-order valence-electron chi connectivity index (χ3n) is 6.05. The van der Waals surface area contributed by atoms with Gasteiger partial charge in [0.05, 0.1) is 47.1 Å². The lowest BCUT2D eigenvalue weighted by Gasteiger charge is -2.52. The molecule has 0 N–H and O–H groups in total. The Morgan fingerprint density at radius 2 is 1.64 bits per heavy atom. The number of rotatable bonds is 6. The van der Waals surface area contributed by atoms with Crippen LogP contribution in [0.15, 0.2) is 0 Å². The van der Waals surface area contributed by atoms with E-state index < -0.39 is 16.0 Å². The second-order valence-corrected chi connectivity index (χ2v) is 7.69. The average molecular weight is 278 g/mol. The summed E-state index contributed by atoms with van der Waals surface area (Å²) < 4.78 is 0. The molecule has 2 fully saturated rings. The molecule has 0 aromatic rings. The highest BCUT2D eigenvalue weighted by Gasteiger charge is 2.44. The van der Waals surface area contributed by atoms with Crippen LogP contribution in [0, 0.1) is 17.8 Å². The molecule has 0 aromatic heterocycles. The normalized spacial score (nSPS) is 32.8. The van der Waals surface area contributed by atoms with Crippen LogP contribution in [-0.4, -0.2) is 54.4 Å². The zero-order chi connectivity index (χ0) is 16.5. The predicted octanol–water partition coefficient (Wildman–Crippen LogP) is 2.05. The summed E-state index contributed by atoms with van der Waals surface area (Å²) in [6.45, 7) is 2.22. The number of hydrogen-bond acceptors (Lipinski definition) is 0. The van der Waals surface area contributed by atoms with Crippen molar-refractivity contribution in [2.45, 2.75) is 73.7 Å². The quantitative estimate of drug-likeness (QED) is 0.652. The fraction of sp³-hybridized carbons (Fsp3) is 1.00. The van der Waals surface area contributed by atoms with E-state index in [2.05, 4.69) is 6.92 Å². The Morgan fingerprint density at radius 1 is 1.05 bits per heavy atom. The van der Waals surface area contributed by atoms with Crippen molar-refractivity contribution in [3.63, 3.8) is 0 Å². The number of fused-ring (bicyclic) bond motifs is 1. The first-order valence-electron chi connectivity index (χ1n) is 8.71. The largest absolute Gasteiger partial charge is 0.134 e. The van der Waals surface area contributed by atoms with Gasteiger partial charge in [0, 0.05) is 0 Å². The molecule has 2 saturated carbocycles. The lowest BCUT2D eigenvalue weighted by atomic mass is 9.12. The first-order valence-corrected chi connectivity index (χ1v) is 8.71. The van der Waals surface area contributed by atoms with Gasteiger partial charge < -0.3 is 0 Å². The molecule has 2 aliphatic carbocycles. The monoisotopic (exact) mass is 279 g/mol. The Bertz CT molecular complexity index is 369. The molecule has 4 unspecified atom stereocenters. The molecule has 7 heteroatoms. The highest BCUT2D eigenvalue weighted by Crippen LogP contribution is 2.55. The molecule has 0 aromatic carbocycles. The highest BCUT2D eigenvalue weighted by atomic mass is 14.4. The zero-order valence-corrected chi connectivity index (χ0v) is 13.9. The van der Waals surface area contributed by atoms with Crippen LogP contribution in [-0.2, 0) is 0 Å². The van der Waals surface area contributed by atoms with E-state index in [1.165, 1.54) is 38.5 Å². The van der Waals surface area contributed by atoms with Crippen molar-refractivity contribution in [3.8, 4) is 0 Å². The molecule has 0 nitrogen and oxygen atoms in total. The fourth-order valence-electron chi connectivity index (χ4n) is 4.53. The summed E-state index contributed by atoms with van der Waals surface area (Å²) >= 11 is 0. The Hall–Kier alpha value is 0.455. The third kappa shape index (κ3) is 3.75. The van der Waals surface area contributed by atoms with E-state index in [-0.39, 0.29) is 0 Å². The first kappa shape index (κ1) is 18.8. The van der Waals surface area contributed by atoms with Gasteiger partial charge >= 0.3 is 0 Å². The van der Waals surface area contributed by atoms with Gasteiger partial charge in [-0.1, -0.05) is 51.3 Å². The van der Waals surface area contributed by atoms with Crippen LogP contribution in [0.1, 0.15) is 51.9 Å². The van der Waals surface area contributed by atoms with Gasteiger partial charge in [-0.2, -0.15) is 0 Å². The SMILES string of the molecule is [B]C([B])C([B])([B])C([B])([B])[B]C1CC2CCCC2CC1CCC. The molecule has 4 atom stereocenters. The number of hydrogen-bond donors (Lipinski definition) is 0. The van der Waals surface area contributed by atoms with Gasteiger partial charge in [-0.25, -0.2) is 0 Å². The maximum Gasteiger partial charge on any atom is 0.101 e. The van der Waals surface area contributed by atoms with Crippen LogP contribution >= 0.6 is 0 Å². The molecule has 0 amide bonds. The van der Waals surface area contributed by atoms with Crippen molar-refractivity contribution < 1.29 is 0 Å². The molecule has 103 valence electrons. The smallest absolute Gasteiger partial charge is 0.101 e. The minimum absolute atomic E-state index is 0.347. The van der Waals surface area contributed by atoms with Crippen molar-refractivity contribution in [2.75, 3.05) is 0 Å². The van der Waals surface area contributed by atoms with Crippen molar-refractivity contribution in [1.82, 2.24) is 0 Å². The molecule has 2 aliphatic rings. The second-order valence-electron chi connectivity index (χ2n) is 7.69. The molecule has 0 aliphatic heterocycles. The van der Waals surface area contributed by atoms with Gasteiger partial charge in [0.2, 0.25) is 0 Å². The van der Waals surface area contributed by atoms with Crippen molar-refractivity contribution in [3.05, 3.63) is 0 Å². The van der Waals surface area contributed by atoms with Gasteiger partial charge in [-0.3, -0.25) is 0 Å². The molecule has 22 heavy (non-hydrogen) atoms. The van der Waals surface area contributed by atoms with Crippen LogP contribution in [0.25, 0.3) is 0 Å². The van der Waals surface area contributed by atoms with Crippen LogP contribution in [0.4, 0.5) is 0 Å². The highest BCUT2D eigenvalue weighted by molar-refractivity contribution is 6.76. The maximum atomic E-state index is 6.23. The summed E-state index contributed by atoms with van der Waals surface area (Å²) in [5.74, 6) is 2.63. The Balaban J connectivity index is 2.10. The van der Waals surface area contributed by atoms with E-state index in [0.717, 1.165) is 18.3 Å². The van der Waals surface area contributed by atoms with Crippen LogP contribution < -0.4 is 0 Å². The van der Waals surface area contributed by atoms with E-state index in [4.69, 9.17) is 47.1 Å². The standard InChI is InChI=1S/C15H22B7/c1-2-4-11-7-9-5-3-6-10(9)8-12(11)22-15(20,21)14(18,19)13(16)17/h9-13H,2-8H2,1H3. The van der Waals surface area contributed by atoms with E-state index in [0.29, 0.717) is 11.7 Å². The Kier molecular flexibility index (Phi) is 6.10. The summed E-state index contributed by atoms with van der Waals surface area (Å²) in [5.41, 5.74) is -0.966. The summed E-state index contributed by atoms with van der Waals surface area (Å²) in [6, 6.07) is 0. The Morgan fingerprint density at radius 3 is 2.18 bits per heavy atom. The maximum absolute atomic E-state index is 6.23. The lowest BCUT2D eigenvalue weighted by Crippen LogP contribution is -2.44. The van der Waals surface area contributed by atoms with E-state index in [1.54, 1.807) is 0 Å². The molecule has 0 bridgehead atoms. The van der Waals surface area contributed by atoms with E-state index in [1.807, 2.05) is 7.28 Å². The molecule has 0 spiro atoms. The molecular weight excluding hydrogens is 256 g/mol. The minimum atomic E-state index is -1.52. The summed E-state index contributed by atoms with van der Waals surface area (Å²) in [7, 11) is 37.9. The van der Waals surface area contributed by atoms with Gasteiger partial charge in [0.1, 0.15) is 7.28 Å². The third-order valence-corrected chi connectivity index (χ3v) is 6.05. The van der Waals surface area contributed by atoms with Gasteiger partial charge in [0.15, 0.2) is 0 Å². The minimum Gasteiger partial charge on any atom is -0.134 e. The molecule has 0 heterocycles. The van der Waals surface area contributed by atoms with Crippen LogP contribution in [0.5, 0.6) is 0 Å². The molecular formula is C15H22B7. The average Bonchev–Trinajstić information content (AvgIpc) is 2.85. The summed E-state index contributed by atoms with van der Waals surface area (Å²) in [5, 5.41) is -2.89. The molecule has 0 saturated heterocycles. The van der Waals surface area contributed by atoms with Gasteiger partial charge in [0.25, 0.3) is 0 Å². The Labute approximate surface area is 146 Å².